The van der Waals surface area contributed by atoms with Gasteiger partial charge in [0, 0.05) is 67.2 Å². The number of nitrogens with two attached hydrogens (primary N) is 1. The number of benzene rings is 1. The van der Waals surface area contributed by atoms with Crippen molar-refractivity contribution in [1.29, 1.82) is 0 Å². The van der Waals surface area contributed by atoms with Crippen molar-refractivity contribution in [3.8, 4) is 22.9 Å². The van der Waals surface area contributed by atoms with E-state index >= 15 is 0 Å². The molecule has 4 aliphatic rings. The third-order valence-electron chi connectivity index (χ3n) is 14.4. The number of aliphatic hydroxyl groups excluding tert-OH is 1. The smallest absolute Gasteiger partial charge is 0.340 e. The highest BCUT2D eigenvalue weighted by atomic mass is 16.7. The van der Waals surface area contributed by atoms with Crippen molar-refractivity contribution in [3.05, 3.63) is 63.0 Å². The normalized spacial score (nSPS) is 15.2. The van der Waals surface area contributed by atoms with Crippen LogP contribution in [-0.4, -0.2) is 218 Å². The second-order valence-corrected chi connectivity index (χ2v) is 21.0. The van der Waals surface area contributed by atoms with Gasteiger partial charge in [-0.25, -0.2) is 9.78 Å². The van der Waals surface area contributed by atoms with E-state index in [4.69, 9.17) is 62.8 Å². The minimum Gasteiger partial charge on any atom is -0.458 e. The molecule has 0 radical (unpaired) electrons. The lowest BCUT2D eigenvalue weighted by atomic mass is 9.98. The maximum atomic E-state index is 13.7. The number of nitrogens with one attached hydrogen (secondary N) is 5. The molecule has 30 heteroatoms. The summed E-state index contributed by atoms with van der Waals surface area (Å²) in [5.74, 6) is -3.62. The largest absolute Gasteiger partial charge is 0.458 e. The highest BCUT2D eigenvalue weighted by Crippen LogP contribution is 2.42. The molecule has 0 saturated heterocycles. The molecule has 0 bridgehead atoms. The monoisotopic (exact) mass is 1250 g/mol. The van der Waals surface area contributed by atoms with Crippen LogP contribution < -0.4 is 47.4 Å². The number of unbranched alkanes of at least 4 members (excludes halogenated alkanes) is 1. The van der Waals surface area contributed by atoms with Gasteiger partial charge in [0.1, 0.15) is 18.7 Å². The number of hydrogen-bond donors (Lipinski definition) is 7. The minimum absolute atomic E-state index is 0.00309. The van der Waals surface area contributed by atoms with E-state index in [0.29, 0.717) is 157 Å². The standard InChI is InChI=1S/C59H81N9O21/c1-37(2)53(66-49(70)9-13-79-15-17-81-19-21-83-23-25-85-27-28-86-26-24-84-22-20-82-18-16-80-14-11-61-48(69)8-12-67-51(72)6-7-52(67)73)57(76)65-43(5-3-4-10-60)56(75)63-33-50(71)62-32-40-38-30-46-47(89-36-88-46)31-44(38)64-54-41(40)34-68-45(54)29-39-42(58(68)77)35-87-59(78)55(39)74/h6-7,29-31,37,43,53,55,74H,3-5,8-28,32-36,60H2,1-2H3,(H,61,69)(H,62,71)(H,63,75)(H,65,76)(H,66,70)/t43-,53-,55?/m0/s1. The van der Waals surface area contributed by atoms with Crippen LogP contribution in [0.1, 0.15) is 74.3 Å². The number of aromatic nitrogens is 2. The number of fused-ring (bicyclic) bond motifs is 6. The molecule has 2 aromatic heterocycles. The summed E-state index contributed by atoms with van der Waals surface area (Å²) in [6.45, 7) is 8.82. The molecule has 0 fully saturated rings. The number of rotatable bonds is 43. The lowest BCUT2D eigenvalue weighted by Gasteiger charge is -2.25. The summed E-state index contributed by atoms with van der Waals surface area (Å²) < 4.78 is 61.8. The predicted molar refractivity (Wildman–Crippen MR) is 313 cm³/mol. The van der Waals surface area contributed by atoms with Gasteiger partial charge in [0.25, 0.3) is 17.4 Å². The molecule has 7 rings (SSSR count). The van der Waals surface area contributed by atoms with Crippen molar-refractivity contribution < 1.29 is 95.6 Å². The van der Waals surface area contributed by atoms with Crippen LogP contribution in [0.4, 0.5) is 0 Å². The summed E-state index contributed by atoms with van der Waals surface area (Å²) in [4.78, 5) is 121. The number of ether oxygens (including phenoxy) is 11. The van der Waals surface area contributed by atoms with Gasteiger partial charge in [-0.3, -0.25) is 43.3 Å². The molecule has 3 aromatic rings. The van der Waals surface area contributed by atoms with Gasteiger partial charge in [-0.1, -0.05) is 13.8 Å². The Bertz CT molecular complexity index is 3010. The van der Waals surface area contributed by atoms with E-state index in [9.17, 15) is 48.3 Å². The number of carbonyl (C=O) groups is 8. The van der Waals surface area contributed by atoms with E-state index in [0.717, 1.165) is 4.90 Å². The third kappa shape index (κ3) is 20.8. The van der Waals surface area contributed by atoms with Crippen LogP contribution in [0.3, 0.4) is 0 Å². The zero-order valence-corrected chi connectivity index (χ0v) is 50.2. The van der Waals surface area contributed by atoms with Gasteiger partial charge in [-0.15, -0.1) is 0 Å². The maximum Gasteiger partial charge on any atom is 0.340 e. The lowest BCUT2D eigenvalue weighted by Crippen LogP contribution is -2.56. The first kappa shape index (κ1) is 69.0. The van der Waals surface area contributed by atoms with Gasteiger partial charge < -0.3 is 94.1 Å². The second kappa shape index (κ2) is 36.2. The van der Waals surface area contributed by atoms with Gasteiger partial charge in [0.2, 0.25) is 36.3 Å². The zero-order chi connectivity index (χ0) is 63.5. The van der Waals surface area contributed by atoms with Crippen LogP contribution in [0, 0.1) is 5.92 Å². The summed E-state index contributed by atoms with van der Waals surface area (Å²) in [5.41, 5.74) is 8.05. The number of hydrogen-bond acceptors (Lipinski definition) is 23. The van der Waals surface area contributed by atoms with Crippen LogP contribution >= 0.6 is 0 Å². The van der Waals surface area contributed by atoms with E-state index in [-0.39, 0.29) is 95.1 Å². The topological polar surface area (TPSA) is 383 Å². The molecule has 1 unspecified atom stereocenters. The quantitative estimate of drug-likeness (QED) is 0.0154. The molecule has 488 valence electrons. The zero-order valence-electron chi connectivity index (χ0n) is 50.2. The summed E-state index contributed by atoms with van der Waals surface area (Å²) in [5, 5.41) is 24.9. The maximum absolute atomic E-state index is 13.7. The fourth-order valence-corrected chi connectivity index (χ4v) is 9.67. The Morgan fingerprint density at radius 1 is 0.663 bits per heavy atom. The van der Waals surface area contributed by atoms with Crippen molar-refractivity contribution in [1.82, 2.24) is 41.0 Å². The number of esters is 1. The Kier molecular flexibility index (Phi) is 28.1. The molecular formula is C59H81N9O21. The molecule has 0 aliphatic carbocycles. The lowest BCUT2D eigenvalue weighted by molar-refractivity contribution is -0.157. The molecule has 6 heterocycles. The fraction of sp³-hybridized carbons (Fsp3) is 0.593. The average molecular weight is 1250 g/mol. The number of pyridine rings is 2. The van der Waals surface area contributed by atoms with Crippen molar-refractivity contribution in [2.45, 2.75) is 83.8 Å². The van der Waals surface area contributed by atoms with Gasteiger partial charge in [0.15, 0.2) is 17.6 Å². The van der Waals surface area contributed by atoms with E-state index < -0.39 is 71.7 Å². The Balaban J connectivity index is 0.699. The molecule has 4 aliphatic heterocycles. The summed E-state index contributed by atoms with van der Waals surface area (Å²) in [6, 6.07) is 2.94. The molecule has 89 heavy (non-hydrogen) atoms. The average Bonchev–Trinajstić information content (AvgIpc) is 1.65. The molecule has 30 nitrogen and oxygen atoms in total. The SMILES string of the molecule is CC(C)[C@H](NC(=O)CCOCCOCCOCCOCCOCCOCCOCCOCCNC(=O)CCN1C(=O)C=CC1=O)C(=O)N[C@@H](CCCCN)C(=O)NCC(=O)NCc1c2c(nc3cc4c(cc13)OCO4)-c1cc3c(c(=O)n1C2)COC(=O)C3O. The highest BCUT2D eigenvalue weighted by molar-refractivity contribution is 6.13. The van der Waals surface area contributed by atoms with Gasteiger partial charge in [0.05, 0.1) is 141 Å². The Morgan fingerprint density at radius 3 is 1.84 bits per heavy atom. The van der Waals surface area contributed by atoms with Crippen molar-refractivity contribution in [3.63, 3.8) is 0 Å². The van der Waals surface area contributed by atoms with Crippen molar-refractivity contribution in [2.24, 2.45) is 11.7 Å². The third-order valence-corrected chi connectivity index (χ3v) is 14.4. The van der Waals surface area contributed by atoms with E-state index in [1.807, 2.05) is 0 Å². The number of aliphatic hydroxyl groups is 1. The molecule has 0 spiro atoms. The Morgan fingerprint density at radius 2 is 1.25 bits per heavy atom. The summed E-state index contributed by atoms with van der Waals surface area (Å²) in [7, 11) is 0. The van der Waals surface area contributed by atoms with E-state index in [2.05, 4.69) is 26.6 Å². The first-order chi connectivity index (χ1) is 43.1. The van der Waals surface area contributed by atoms with Crippen LogP contribution in [-0.2, 0) is 101 Å². The van der Waals surface area contributed by atoms with Crippen LogP contribution in [0.25, 0.3) is 22.3 Å². The summed E-state index contributed by atoms with van der Waals surface area (Å²) >= 11 is 0. The number of amides is 7. The number of cyclic esters (lactones) is 1. The number of carbonyl (C=O) groups excluding carboxylic acids is 8. The highest BCUT2D eigenvalue weighted by Gasteiger charge is 2.36. The van der Waals surface area contributed by atoms with Gasteiger partial charge in [-0.05, 0) is 49.4 Å². The molecule has 3 atom stereocenters. The number of nitrogens with zero attached hydrogens (tertiary/aromatic N) is 3. The predicted octanol–water partition coefficient (Wildman–Crippen LogP) is -1.31. The second-order valence-electron chi connectivity index (χ2n) is 21.0. The first-order valence-corrected chi connectivity index (χ1v) is 29.8. The summed E-state index contributed by atoms with van der Waals surface area (Å²) in [6.07, 6.45) is 1.97. The minimum atomic E-state index is -1.64. The molecule has 7 amide bonds. The number of imide groups is 1. The van der Waals surface area contributed by atoms with E-state index in [1.165, 1.54) is 16.7 Å². The molecule has 8 N–H and O–H groups in total. The molecule has 1 aromatic carbocycles. The van der Waals surface area contributed by atoms with Crippen molar-refractivity contribution >= 4 is 58.2 Å². The van der Waals surface area contributed by atoms with E-state index in [1.54, 1.807) is 32.0 Å². The van der Waals surface area contributed by atoms with Gasteiger partial charge >= 0.3 is 5.97 Å². The van der Waals surface area contributed by atoms with Gasteiger partial charge in [-0.2, -0.15) is 0 Å². The van der Waals surface area contributed by atoms with Crippen molar-refractivity contribution in [2.75, 3.05) is 139 Å². The van der Waals surface area contributed by atoms with Crippen LogP contribution in [0.5, 0.6) is 11.5 Å². The Hall–Kier alpha value is -7.52. The molecular weight excluding hydrogens is 1170 g/mol. The van der Waals surface area contributed by atoms with Crippen LogP contribution in [0.15, 0.2) is 35.1 Å². The fourth-order valence-electron chi connectivity index (χ4n) is 9.67. The van der Waals surface area contributed by atoms with Crippen LogP contribution in [0.2, 0.25) is 0 Å². The molecule has 0 saturated carbocycles. The Labute approximate surface area is 513 Å². The first-order valence-electron chi connectivity index (χ1n) is 29.8.